The van der Waals surface area contributed by atoms with Crippen LogP contribution in [0.4, 0.5) is 0 Å². The van der Waals surface area contributed by atoms with Crippen molar-refractivity contribution in [2.24, 2.45) is 0 Å². The van der Waals surface area contributed by atoms with E-state index in [1.54, 1.807) is 24.3 Å². The van der Waals surface area contributed by atoms with Crippen molar-refractivity contribution in [3.8, 4) is 11.5 Å². The van der Waals surface area contributed by atoms with Crippen molar-refractivity contribution in [1.29, 1.82) is 0 Å². The molecule has 1 fully saturated rings. The highest BCUT2D eigenvalue weighted by Gasteiger charge is 2.40. The minimum absolute atomic E-state index is 0.0340. The number of amides is 1. The number of hydrogen-bond donors (Lipinski definition) is 2. The summed E-state index contributed by atoms with van der Waals surface area (Å²) in [6.07, 6.45) is 7.99. The molecule has 0 radical (unpaired) electrons. The second kappa shape index (κ2) is 14.8. The molecule has 1 aliphatic heterocycles. The lowest BCUT2D eigenvalue weighted by Crippen LogP contribution is -2.44. The number of thioether (sulfide) groups is 1. The van der Waals surface area contributed by atoms with Crippen molar-refractivity contribution in [1.82, 2.24) is 4.90 Å². The highest BCUT2D eigenvalue weighted by molar-refractivity contribution is 8.26. The lowest BCUT2D eigenvalue weighted by atomic mass is 10.1. The predicted octanol–water partition coefficient (Wildman–Crippen LogP) is 5.73. The molecule has 36 heavy (non-hydrogen) atoms. The van der Waals surface area contributed by atoms with Crippen LogP contribution < -0.4 is 9.47 Å². The third-order valence-corrected chi connectivity index (χ3v) is 6.99. The Hall–Kier alpha value is -2.59. The molecule has 1 amide bonds. The zero-order chi connectivity index (χ0) is 26.7. The number of unbranched alkanes of at least 4 members (excludes halogenated alkanes) is 4. The van der Waals surface area contributed by atoms with Crippen molar-refractivity contribution in [3.63, 3.8) is 0 Å². The summed E-state index contributed by atoms with van der Waals surface area (Å²) in [5.41, 5.74) is 0.677. The maximum absolute atomic E-state index is 13.0. The Morgan fingerprint density at radius 1 is 1.11 bits per heavy atom. The first-order valence-corrected chi connectivity index (χ1v) is 13.6. The molecule has 0 bridgehead atoms. The summed E-state index contributed by atoms with van der Waals surface area (Å²) in [6, 6.07) is 4.05. The number of hydrogen-bond acceptors (Lipinski definition) is 7. The van der Waals surface area contributed by atoms with Crippen LogP contribution in [-0.4, -0.2) is 56.0 Å². The minimum atomic E-state index is -1.34. The van der Waals surface area contributed by atoms with E-state index in [0.29, 0.717) is 23.7 Å². The van der Waals surface area contributed by atoms with Gasteiger partial charge in [-0.1, -0.05) is 62.7 Å². The summed E-state index contributed by atoms with van der Waals surface area (Å²) in [5, 5.41) is 18.5. The molecule has 0 aliphatic carbocycles. The summed E-state index contributed by atoms with van der Waals surface area (Å²) in [5.74, 6) is -1.81. The maximum Gasteiger partial charge on any atom is 0.326 e. The lowest BCUT2D eigenvalue weighted by Gasteiger charge is -2.22. The van der Waals surface area contributed by atoms with E-state index in [9.17, 15) is 19.5 Å². The van der Waals surface area contributed by atoms with Gasteiger partial charge in [-0.05, 0) is 56.9 Å². The Balaban J connectivity index is 2.15. The number of rotatable bonds is 16. The molecular weight excluding hydrogens is 502 g/mol. The largest absolute Gasteiger partial charge is 0.490 e. The molecule has 1 saturated heterocycles. The highest BCUT2D eigenvalue weighted by Crippen LogP contribution is 2.37. The van der Waals surface area contributed by atoms with E-state index in [4.69, 9.17) is 26.8 Å². The van der Waals surface area contributed by atoms with Crippen LogP contribution in [0.15, 0.2) is 23.1 Å². The monoisotopic (exact) mass is 537 g/mol. The summed E-state index contributed by atoms with van der Waals surface area (Å²) in [7, 11) is 0. The van der Waals surface area contributed by atoms with Crippen LogP contribution in [0.25, 0.3) is 6.08 Å². The number of carboxylic acid groups (broad SMARTS) is 2. The first kappa shape index (κ1) is 29.6. The Bertz CT molecular complexity index is 979. The average Bonchev–Trinajstić information content (AvgIpc) is 3.08. The topological polar surface area (TPSA) is 113 Å². The Morgan fingerprint density at radius 2 is 1.83 bits per heavy atom. The highest BCUT2D eigenvalue weighted by atomic mass is 32.2. The van der Waals surface area contributed by atoms with E-state index in [-0.39, 0.29) is 28.2 Å². The number of carbonyl (C=O) groups excluding carboxylic acids is 1. The van der Waals surface area contributed by atoms with Gasteiger partial charge in [0.25, 0.3) is 5.91 Å². The lowest BCUT2D eigenvalue weighted by molar-refractivity contribution is -0.146. The Labute approximate surface area is 222 Å². The Kier molecular flexibility index (Phi) is 12.2. The smallest absolute Gasteiger partial charge is 0.326 e. The standard InChI is InChI=1S/C26H35NO7S2/c1-4-6-7-8-9-10-17(3)34-20-13-11-18(15-21(20)33-5-2)16-22-24(30)27(26(35)36-22)19(25(31)32)12-14-23(28)29/h11,13,15-17,19H,4-10,12,14H2,1-3H3,(H,28,29)(H,31,32)/b22-16+/t17-,19+/m0/s1. The van der Waals surface area contributed by atoms with Crippen molar-refractivity contribution < 1.29 is 34.1 Å². The minimum Gasteiger partial charge on any atom is -0.490 e. The Morgan fingerprint density at radius 3 is 2.47 bits per heavy atom. The number of nitrogens with zero attached hydrogens (tertiary/aromatic N) is 1. The first-order chi connectivity index (χ1) is 17.2. The van der Waals surface area contributed by atoms with Gasteiger partial charge in [0.05, 0.1) is 17.6 Å². The molecule has 1 aromatic carbocycles. The van der Waals surface area contributed by atoms with Gasteiger partial charge in [-0.25, -0.2) is 4.79 Å². The summed E-state index contributed by atoms with van der Waals surface area (Å²) >= 11 is 6.24. The zero-order valence-corrected chi connectivity index (χ0v) is 22.7. The van der Waals surface area contributed by atoms with Gasteiger partial charge >= 0.3 is 11.9 Å². The predicted molar refractivity (Wildman–Crippen MR) is 144 cm³/mol. The molecule has 198 valence electrons. The van der Waals surface area contributed by atoms with E-state index < -0.39 is 23.9 Å². The number of ether oxygens (including phenoxy) is 2. The van der Waals surface area contributed by atoms with Crippen LogP contribution in [0, 0.1) is 0 Å². The average molecular weight is 538 g/mol. The molecule has 1 aromatic rings. The van der Waals surface area contributed by atoms with Crippen molar-refractivity contribution >= 4 is 52.2 Å². The van der Waals surface area contributed by atoms with E-state index in [1.165, 1.54) is 25.7 Å². The van der Waals surface area contributed by atoms with Crippen molar-refractivity contribution in [2.45, 2.75) is 84.3 Å². The van der Waals surface area contributed by atoms with Gasteiger partial charge in [0, 0.05) is 6.42 Å². The fourth-order valence-corrected chi connectivity index (χ4v) is 5.17. The maximum atomic E-state index is 13.0. The molecule has 0 spiro atoms. The van der Waals surface area contributed by atoms with E-state index in [1.807, 2.05) is 13.8 Å². The molecular formula is C26H35NO7S2. The van der Waals surface area contributed by atoms with Crippen molar-refractivity contribution in [2.75, 3.05) is 6.61 Å². The van der Waals surface area contributed by atoms with Gasteiger partial charge in [0.2, 0.25) is 0 Å². The fourth-order valence-electron chi connectivity index (χ4n) is 3.81. The summed E-state index contributed by atoms with van der Waals surface area (Å²) < 4.78 is 12.0. The molecule has 0 aromatic heterocycles. The SMILES string of the molecule is CCCCCCC[C@H](C)Oc1ccc(/C=C2/SC(=S)N([C@H](CCC(=O)O)C(=O)O)C2=O)cc1OCC. The van der Waals surface area contributed by atoms with Crippen molar-refractivity contribution in [3.05, 3.63) is 28.7 Å². The molecule has 10 heteroatoms. The molecule has 0 unspecified atom stereocenters. The number of aliphatic carboxylic acids is 2. The molecule has 2 rings (SSSR count). The van der Waals surface area contributed by atoms with Gasteiger partial charge < -0.3 is 19.7 Å². The molecule has 2 N–H and O–H groups in total. The van der Waals surface area contributed by atoms with Gasteiger partial charge in [-0.2, -0.15) is 0 Å². The van der Waals surface area contributed by atoms with Crippen LogP contribution in [0.1, 0.15) is 77.7 Å². The van der Waals surface area contributed by atoms with Crippen LogP contribution in [0.2, 0.25) is 0 Å². The van der Waals surface area contributed by atoms with Gasteiger partial charge in [0.15, 0.2) is 11.5 Å². The van der Waals surface area contributed by atoms with E-state index >= 15 is 0 Å². The number of thiocarbonyl (C=S) groups is 1. The van der Waals surface area contributed by atoms with E-state index in [2.05, 4.69) is 6.92 Å². The third-order valence-electron chi connectivity index (χ3n) is 5.66. The quantitative estimate of drug-likeness (QED) is 0.155. The molecule has 8 nitrogen and oxygen atoms in total. The van der Waals surface area contributed by atoms with Gasteiger partial charge in [-0.15, -0.1) is 0 Å². The second-order valence-electron chi connectivity index (χ2n) is 8.61. The number of carbonyl (C=O) groups is 3. The molecule has 1 aliphatic rings. The third kappa shape index (κ3) is 8.81. The van der Waals surface area contributed by atoms with Gasteiger partial charge in [-0.3, -0.25) is 14.5 Å². The van der Waals surface area contributed by atoms with Crippen LogP contribution >= 0.6 is 24.0 Å². The normalized spacial score (nSPS) is 16.3. The van der Waals surface area contributed by atoms with E-state index in [0.717, 1.165) is 29.5 Å². The fraction of sp³-hybridized carbons (Fsp3) is 0.538. The molecule has 1 heterocycles. The number of carboxylic acids is 2. The summed E-state index contributed by atoms with van der Waals surface area (Å²) in [4.78, 5) is 36.8. The number of benzene rings is 1. The van der Waals surface area contributed by atoms with Gasteiger partial charge in [0.1, 0.15) is 10.4 Å². The summed E-state index contributed by atoms with van der Waals surface area (Å²) in [6.45, 7) is 6.55. The van der Waals surface area contributed by atoms with Crippen LogP contribution in [0.5, 0.6) is 11.5 Å². The first-order valence-electron chi connectivity index (χ1n) is 12.3. The molecule has 0 saturated carbocycles. The zero-order valence-electron chi connectivity index (χ0n) is 21.0. The van der Waals surface area contributed by atoms with Crippen LogP contribution in [-0.2, 0) is 14.4 Å². The molecule has 2 atom stereocenters. The second-order valence-corrected chi connectivity index (χ2v) is 10.3. The van der Waals surface area contributed by atoms with Crippen LogP contribution in [0.3, 0.4) is 0 Å².